The lowest BCUT2D eigenvalue weighted by Gasteiger charge is -2.10. The summed E-state index contributed by atoms with van der Waals surface area (Å²) in [6, 6.07) is 28.5. The number of carbonyl (C=O) groups excluding carboxylic acids is 3. The summed E-state index contributed by atoms with van der Waals surface area (Å²) in [7, 11) is 1.63. The Labute approximate surface area is 380 Å². The number of aryl methyl sites for hydroxylation is 1. The summed E-state index contributed by atoms with van der Waals surface area (Å²) in [6.07, 6.45) is 10.3. The fourth-order valence-corrected chi connectivity index (χ4v) is 7.91. The lowest BCUT2D eigenvalue weighted by molar-refractivity contribution is 0.0936. The third-order valence-corrected chi connectivity index (χ3v) is 11.3. The molecule has 66 heavy (non-hydrogen) atoms. The SMILES string of the molecule is CC(C)NC(=O)c1cccc(NC(=O)c2nn(CC3CC3)c3cc(-c4ncnc5[nH]ccc45)ccc23)c1.CCCn1nc(C(=O)NCc2cccc(OC)c2)c2ccc(-c3cn[nH]c3)cc21. The first kappa shape index (κ1) is 43.1. The maximum absolute atomic E-state index is 13.4. The van der Waals surface area contributed by atoms with Crippen LogP contribution in [0.5, 0.6) is 5.75 Å². The number of fused-ring (bicyclic) bond motifs is 3. The second-order valence-electron chi connectivity index (χ2n) is 16.7. The summed E-state index contributed by atoms with van der Waals surface area (Å²) in [6.45, 7) is 7.82. The van der Waals surface area contributed by atoms with E-state index < -0.39 is 0 Å². The van der Waals surface area contributed by atoms with Crippen LogP contribution < -0.4 is 20.7 Å². The van der Waals surface area contributed by atoms with Gasteiger partial charge in [0, 0.05) is 76.6 Å². The van der Waals surface area contributed by atoms with Gasteiger partial charge in [0.05, 0.1) is 30.0 Å². The topological polar surface area (TPSA) is 202 Å². The molecule has 0 saturated heterocycles. The molecule has 9 aromatic rings. The monoisotopic (exact) mass is 882 g/mol. The molecule has 0 bridgehead atoms. The molecule has 1 fully saturated rings. The number of nitrogens with one attached hydrogen (secondary N) is 5. The molecule has 4 aromatic carbocycles. The van der Waals surface area contributed by atoms with Crippen LogP contribution in [0.15, 0.2) is 116 Å². The van der Waals surface area contributed by atoms with Crippen molar-refractivity contribution in [3.63, 3.8) is 0 Å². The molecule has 5 heterocycles. The second-order valence-corrected chi connectivity index (χ2v) is 16.7. The Balaban J connectivity index is 0.000000171. The molecule has 16 heteroatoms. The van der Waals surface area contributed by atoms with Crippen LogP contribution in [-0.4, -0.2) is 75.6 Å². The lowest BCUT2D eigenvalue weighted by atomic mass is 10.1. The number of ether oxygens (including phenoxy) is 1. The molecular formula is C50H50N12O4. The average Bonchev–Trinajstić information content (AvgIpc) is 3.71. The van der Waals surface area contributed by atoms with Gasteiger partial charge in [-0.15, -0.1) is 0 Å². The number of methoxy groups -OCH3 is 1. The van der Waals surface area contributed by atoms with Gasteiger partial charge in [-0.05, 0) is 111 Å². The molecule has 0 aliphatic heterocycles. The highest BCUT2D eigenvalue weighted by Gasteiger charge is 2.26. The number of nitrogens with zero attached hydrogens (tertiary/aromatic N) is 7. The first-order chi connectivity index (χ1) is 32.1. The maximum atomic E-state index is 13.4. The van der Waals surface area contributed by atoms with Gasteiger partial charge >= 0.3 is 0 Å². The molecule has 16 nitrogen and oxygen atoms in total. The van der Waals surface area contributed by atoms with Gasteiger partial charge in [-0.2, -0.15) is 15.3 Å². The summed E-state index contributed by atoms with van der Waals surface area (Å²) in [5, 5.41) is 27.5. The number of rotatable bonds is 14. The quantitative estimate of drug-likeness (QED) is 0.0709. The fourth-order valence-electron chi connectivity index (χ4n) is 7.91. The number of hydrogen-bond donors (Lipinski definition) is 5. The van der Waals surface area contributed by atoms with Crippen molar-refractivity contribution in [3.05, 3.63) is 138 Å². The lowest BCUT2D eigenvalue weighted by Crippen LogP contribution is -2.30. The molecule has 0 unspecified atom stereocenters. The van der Waals surface area contributed by atoms with Gasteiger partial charge in [-0.1, -0.05) is 37.3 Å². The Hall–Kier alpha value is -8.14. The predicted octanol–water partition coefficient (Wildman–Crippen LogP) is 8.55. The third-order valence-electron chi connectivity index (χ3n) is 11.3. The minimum Gasteiger partial charge on any atom is -0.497 e. The van der Waals surface area contributed by atoms with Crippen LogP contribution in [0, 0.1) is 5.92 Å². The van der Waals surface area contributed by atoms with E-state index >= 15 is 0 Å². The number of carbonyl (C=O) groups is 3. The smallest absolute Gasteiger partial charge is 0.276 e. The molecule has 1 aliphatic rings. The predicted molar refractivity (Wildman–Crippen MR) is 254 cm³/mol. The molecule has 1 aliphatic carbocycles. The van der Waals surface area contributed by atoms with Crippen molar-refractivity contribution in [1.82, 2.24) is 55.3 Å². The van der Waals surface area contributed by atoms with E-state index in [1.807, 2.05) is 96.3 Å². The number of H-pyrrole nitrogens is 2. The van der Waals surface area contributed by atoms with E-state index in [1.54, 1.807) is 43.9 Å². The molecule has 0 spiro atoms. The zero-order chi connectivity index (χ0) is 45.7. The van der Waals surface area contributed by atoms with Crippen LogP contribution in [0.25, 0.3) is 55.2 Å². The largest absolute Gasteiger partial charge is 0.497 e. The molecule has 3 amide bonds. The number of amides is 3. The Morgan fingerprint density at radius 2 is 1.56 bits per heavy atom. The molecule has 0 atom stereocenters. The van der Waals surface area contributed by atoms with Gasteiger partial charge in [0.2, 0.25) is 0 Å². The van der Waals surface area contributed by atoms with Crippen molar-refractivity contribution in [3.8, 4) is 28.1 Å². The van der Waals surface area contributed by atoms with Crippen LogP contribution >= 0.6 is 0 Å². The highest BCUT2D eigenvalue weighted by atomic mass is 16.5. The molecule has 0 radical (unpaired) electrons. The van der Waals surface area contributed by atoms with E-state index in [1.165, 1.54) is 12.8 Å². The standard InChI is InChI=1S/C28H27N7O2.C22H23N5O2/c1-16(2)32-27(36)19-4-3-5-20(12-19)33-28(37)25-21-9-8-18(13-23(21)35(34-25)14-17-6-7-17)24-22-10-11-29-26(22)31-15-30-24;1-3-9-27-20-11-16(17-13-24-25-14-17)7-8-19(20)21(26-27)22(28)23-12-15-5-4-6-18(10-15)29-2/h3-5,8-13,15-17H,6-7,14H2,1-2H3,(H,32,36)(H,33,37)(H,29,30,31);4-8,10-11,13-14H,3,9,12H2,1-2H3,(H,23,28)(H,24,25). The van der Waals surface area contributed by atoms with E-state index in [0.29, 0.717) is 35.1 Å². The van der Waals surface area contributed by atoms with Gasteiger partial charge < -0.3 is 25.7 Å². The highest BCUT2D eigenvalue weighted by Crippen LogP contribution is 2.34. The summed E-state index contributed by atoms with van der Waals surface area (Å²) in [5.74, 6) is 0.655. The summed E-state index contributed by atoms with van der Waals surface area (Å²) in [5.41, 5.74) is 9.20. The van der Waals surface area contributed by atoms with Crippen LogP contribution in [0.3, 0.4) is 0 Å². The minimum atomic E-state index is -0.316. The Bertz CT molecular complexity index is 3200. The molecular weight excluding hydrogens is 833 g/mol. The van der Waals surface area contributed by atoms with Gasteiger partial charge in [0.25, 0.3) is 17.7 Å². The van der Waals surface area contributed by atoms with Gasteiger partial charge in [0.15, 0.2) is 11.4 Å². The maximum Gasteiger partial charge on any atom is 0.276 e. The number of benzene rings is 4. The first-order valence-electron chi connectivity index (χ1n) is 22.1. The highest BCUT2D eigenvalue weighted by molar-refractivity contribution is 6.12. The van der Waals surface area contributed by atoms with Crippen molar-refractivity contribution >= 4 is 56.2 Å². The van der Waals surface area contributed by atoms with Crippen LogP contribution in [0.1, 0.15) is 76.9 Å². The number of anilines is 1. The fraction of sp³-hybridized carbons (Fsp3) is 0.240. The van der Waals surface area contributed by atoms with Gasteiger partial charge in [-0.25, -0.2) is 9.97 Å². The zero-order valence-electron chi connectivity index (χ0n) is 37.1. The molecule has 10 rings (SSSR count). The van der Waals surface area contributed by atoms with E-state index in [-0.39, 0.29) is 23.8 Å². The van der Waals surface area contributed by atoms with Crippen molar-refractivity contribution in [2.45, 2.75) is 65.7 Å². The van der Waals surface area contributed by atoms with Crippen molar-refractivity contribution in [2.75, 3.05) is 12.4 Å². The van der Waals surface area contributed by atoms with Gasteiger partial charge in [-0.3, -0.25) is 28.8 Å². The number of aromatic nitrogens is 9. The Kier molecular flexibility index (Phi) is 12.4. The van der Waals surface area contributed by atoms with Crippen LogP contribution in [0.2, 0.25) is 0 Å². The molecule has 1 saturated carbocycles. The van der Waals surface area contributed by atoms with Crippen LogP contribution in [-0.2, 0) is 19.6 Å². The average molecular weight is 883 g/mol. The zero-order valence-corrected chi connectivity index (χ0v) is 37.1. The van der Waals surface area contributed by atoms with Crippen molar-refractivity contribution < 1.29 is 19.1 Å². The summed E-state index contributed by atoms with van der Waals surface area (Å²) >= 11 is 0. The van der Waals surface area contributed by atoms with Gasteiger partial charge in [0.1, 0.15) is 17.7 Å². The van der Waals surface area contributed by atoms with E-state index in [2.05, 4.69) is 59.2 Å². The summed E-state index contributed by atoms with van der Waals surface area (Å²) in [4.78, 5) is 50.6. The molecule has 5 aromatic heterocycles. The van der Waals surface area contributed by atoms with E-state index in [9.17, 15) is 14.4 Å². The van der Waals surface area contributed by atoms with Crippen molar-refractivity contribution in [1.29, 1.82) is 0 Å². The molecule has 5 N–H and O–H groups in total. The third kappa shape index (κ3) is 9.38. The van der Waals surface area contributed by atoms with E-state index in [0.717, 1.165) is 86.0 Å². The Morgan fingerprint density at radius 3 is 2.32 bits per heavy atom. The molecule has 334 valence electrons. The number of hydrogen-bond acceptors (Lipinski definition) is 9. The second kappa shape index (κ2) is 18.9. The summed E-state index contributed by atoms with van der Waals surface area (Å²) < 4.78 is 9.08. The number of aromatic amines is 2. The normalized spacial score (nSPS) is 12.3. The minimum absolute atomic E-state index is 0.0214. The first-order valence-corrected chi connectivity index (χ1v) is 22.1. The van der Waals surface area contributed by atoms with E-state index in [4.69, 9.17) is 9.84 Å². The van der Waals surface area contributed by atoms with Crippen LogP contribution in [0.4, 0.5) is 5.69 Å². The Morgan fingerprint density at radius 1 is 0.803 bits per heavy atom. The van der Waals surface area contributed by atoms with Crippen molar-refractivity contribution in [2.24, 2.45) is 5.92 Å².